The highest BCUT2D eigenvalue weighted by Gasteiger charge is 2.40. The van der Waals surface area contributed by atoms with Crippen LogP contribution >= 0.6 is 0 Å². The lowest BCUT2D eigenvalue weighted by Gasteiger charge is -2.34. The average molecular weight is 170 g/mol. The maximum Gasteiger partial charge on any atom is 0.0576 e. The van der Waals surface area contributed by atoms with Crippen LogP contribution < -0.4 is 0 Å². The SMILES string of the molecule is CCC1CCC(O)C1C(C)(C)C. The maximum absolute atomic E-state index is 9.83. The highest BCUT2D eigenvalue weighted by molar-refractivity contribution is 4.90. The lowest BCUT2D eigenvalue weighted by Crippen LogP contribution is -2.31. The van der Waals surface area contributed by atoms with Gasteiger partial charge in [-0.05, 0) is 30.1 Å². The van der Waals surface area contributed by atoms with Gasteiger partial charge < -0.3 is 5.11 Å². The number of hydrogen-bond donors (Lipinski definition) is 1. The van der Waals surface area contributed by atoms with Crippen LogP contribution in [0.5, 0.6) is 0 Å². The molecule has 3 atom stereocenters. The quantitative estimate of drug-likeness (QED) is 0.641. The van der Waals surface area contributed by atoms with Gasteiger partial charge in [-0.2, -0.15) is 0 Å². The predicted octanol–water partition coefficient (Wildman–Crippen LogP) is 2.83. The van der Waals surface area contributed by atoms with Crippen molar-refractivity contribution in [3.05, 3.63) is 0 Å². The molecule has 12 heavy (non-hydrogen) atoms. The van der Waals surface area contributed by atoms with Gasteiger partial charge in [0.25, 0.3) is 0 Å². The molecule has 72 valence electrons. The molecular weight excluding hydrogens is 148 g/mol. The van der Waals surface area contributed by atoms with E-state index in [-0.39, 0.29) is 11.5 Å². The van der Waals surface area contributed by atoms with Gasteiger partial charge in [0, 0.05) is 0 Å². The van der Waals surface area contributed by atoms with Crippen molar-refractivity contribution in [3.8, 4) is 0 Å². The molecule has 0 heterocycles. The summed E-state index contributed by atoms with van der Waals surface area (Å²) in [5, 5.41) is 9.83. The van der Waals surface area contributed by atoms with Gasteiger partial charge in [0.1, 0.15) is 0 Å². The summed E-state index contributed by atoms with van der Waals surface area (Å²) in [6.07, 6.45) is 3.41. The molecule has 0 aromatic heterocycles. The molecular formula is C11H22O. The Kier molecular flexibility index (Phi) is 2.82. The van der Waals surface area contributed by atoms with E-state index in [0.29, 0.717) is 5.92 Å². The first-order valence-electron chi connectivity index (χ1n) is 5.15. The summed E-state index contributed by atoms with van der Waals surface area (Å²) < 4.78 is 0. The van der Waals surface area contributed by atoms with E-state index in [1.54, 1.807) is 0 Å². The molecule has 0 bridgehead atoms. The van der Waals surface area contributed by atoms with Gasteiger partial charge in [-0.3, -0.25) is 0 Å². The summed E-state index contributed by atoms with van der Waals surface area (Å²) in [6.45, 7) is 8.97. The highest BCUT2D eigenvalue weighted by atomic mass is 16.3. The molecule has 1 heteroatoms. The first-order chi connectivity index (χ1) is 5.46. The average Bonchev–Trinajstić information content (AvgIpc) is 2.29. The Balaban J connectivity index is 2.70. The molecule has 0 radical (unpaired) electrons. The molecule has 1 aliphatic rings. The largest absolute Gasteiger partial charge is 0.393 e. The van der Waals surface area contributed by atoms with Gasteiger partial charge in [-0.25, -0.2) is 0 Å². The molecule has 1 fully saturated rings. The minimum Gasteiger partial charge on any atom is -0.393 e. The maximum atomic E-state index is 9.83. The molecule has 1 aliphatic carbocycles. The molecule has 0 saturated heterocycles. The second-order valence-electron chi connectivity index (χ2n) is 5.20. The Labute approximate surface area is 76.2 Å². The Bertz CT molecular complexity index is 146. The fourth-order valence-electron chi connectivity index (χ4n) is 2.80. The molecule has 0 aromatic carbocycles. The first-order valence-corrected chi connectivity index (χ1v) is 5.15. The zero-order valence-electron chi connectivity index (χ0n) is 8.80. The molecule has 1 N–H and O–H groups in total. The second-order valence-corrected chi connectivity index (χ2v) is 5.20. The van der Waals surface area contributed by atoms with Crippen LogP contribution in [0.4, 0.5) is 0 Å². The smallest absolute Gasteiger partial charge is 0.0576 e. The number of aliphatic hydroxyl groups excluding tert-OH is 1. The van der Waals surface area contributed by atoms with Crippen molar-refractivity contribution in [1.82, 2.24) is 0 Å². The molecule has 1 nitrogen and oxygen atoms in total. The van der Waals surface area contributed by atoms with Gasteiger partial charge in [-0.15, -0.1) is 0 Å². The van der Waals surface area contributed by atoms with Crippen molar-refractivity contribution in [2.45, 2.75) is 53.1 Å². The molecule has 0 aromatic rings. The van der Waals surface area contributed by atoms with Crippen LogP contribution in [0.2, 0.25) is 0 Å². The van der Waals surface area contributed by atoms with Crippen molar-refractivity contribution in [3.63, 3.8) is 0 Å². The molecule has 1 rings (SSSR count). The van der Waals surface area contributed by atoms with Crippen molar-refractivity contribution in [2.24, 2.45) is 17.3 Å². The van der Waals surface area contributed by atoms with Crippen LogP contribution in [-0.2, 0) is 0 Å². The molecule has 0 aliphatic heterocycles. The Morgan fingerprint density at radius 1 is 1.25 bits per heavy atom. The van der Waals surface area contributed by atoms with Gasteiger partial charge in [-0.1, -0.05) is 34.1 Å². The van der Waals surface area contributed by atoms with Crippen molar-refractivity contribution in [1.29, 1.82) is 0 Å². The fraction of sp³-hybridized carbons (Fsp3) is 1.00. The highest BCUT2D eigenvalue weighted by Crippen LogP contribution is 2.44. The molecule has 1 saturated carbocycles. The van der Waals surface area contributed by atoms with E-state index >= 15 is 0 Å². The van der Waals surface area contributed by atoms with E-state index in [0.717, 1.165) is 12.3 Å². The van der Waals surface area contributed by atoms with Crippen molar-refractivity contribution in [2.75, 3.05) is 0 Å². The standard InChI is InChI=1S/C11H22O/c1-5-8-6-7-9(12)10(8)11(2,3)4/h8-10,12H,5-7H2,1-4H3. The van der Waals surface area contributed by atoms with E-state index in [1.807, 2.05) is 0 Å². The Morgan fingerprint density at radius 2 is 1.83 bits per heavy atom. The van der Waals surface area contributed by atoms with E-state index in [2.05, 4.69) is 27.7 Å². The summed E-state index contributed by atoms with van der Waals surface area (Å²) >= 11 is 0. The van der Waals surface area contributed by atoms with Gasteiger partial charge >= 0.3 is 0 Å². The summed E-state index contributed by atoms with van der Waals surface area (Å²) in [5.74, 6) is 1.27. The van der Waals surface area contributed by atoms with Crippen LogP contribution in [0, 0.1) is 17.3 Å². The van der Waals surface area contributed by atoms with E-state index in [1.165, 1.54) is 12.8 Å². The first kappa shape index (κ1) is 10.0. The van der Waals surface area contributed by atoms with Gasteiger partial charge in [0.15, 0.2) is 0 Å². The fourth-order valence-corrected chi connectivity index (χ4v) is 2.80. The monoisotopic (exact) mass is 170 g/mol. The van der Waals surface area contributed by atoms with Crippen LogP contribution in [0.3, 0.4) is 0 Å². The van der Waals surface area contributed by atoms with Gasteiger partial charge in [0.2, 0.25) is 0 Å². The second kappa shape index (κ2) is 3.37. The summed E-state index contributed by atoms with van der Waals surface area (Å²) in [5.41, 5.74) is 0.274. The topological polar surface area (TPSA) is 20.2 Å². The van der Waals surface area contributed by atoms with Crippen molar-refractivity contribution < 1.29 is 5.11 Å². The number of aliphatic hydroxyl groups is 1. The van der Waals surface area contributed by atoms with E-state index in [9.17, 15) is 5.11 Å². The van der Waals surface area contributed by atoms with E-state index in [4.69, 9.17) is 0 Å². The predicted molar refractivity (Wildman–Crippen MR) is 52.0 cm³/mol. The lowest BCUT2D eigenvalue weighted by molar-refractivity contribution is 0.0445. The van der Waals surface area contributed by atoms with Crippen LogP contribution in [-0.4, -0.2) is 11.2 Å². The molecule has 0 amide bonds. The molecule has 3 unspecified atom stereocenters. The Hall–Kier alpha value is -0.0400. The van der Waals surface area contributed by atoms with E-state index < -0.39 is 0 Å². The molecule has 0 spiro atoms. The third-order valence-electron chi connectivity index (χ3n) is 3.28. The Morgan fingerprint density at radius 3 is 2.17 bits per heavy atom. The zero-order chi connectivity index (χ0) is 9.35. The zero-order valence-corrected chi connectivity index (χ0v) is 8.80. The third-order valence-corrected chi connectivity index (χ3v) is 3.28. The van der Waals surface area contributed by atoms with Crippen LogP contribution in [0.1, 0.15) is 47.0 Å². The lowest BCUT2D eigenvalue weighted by atomic mass is 9.73. The van der Waals surface area contributed by atoms with Crippen molar-refractivity contribution >= 4 is 0 Å². The minimum atomic E-state index is -0.0463. The van der Waals surface area contributed by atoms with Crippen LogP contribution in [0.15, 0.2) is 0 Å². The normalized spacial score (nSPS) is 37.2. The minimum absolute atomic E-state index is 0.0463. The van der Waals surface area contributed by atoms with Crippen LogP contribution in [0.25, 0.3) is 0 Å². The van der Waals surface area contributed by atoms with Gasteiger partial charge in [0.05, 0.1) is 6.10 Å². The number of hydrogen-bond acceptors (Lipinski definition) is 1. The third kappa shape index (κ3) is 1.82. The summed E-state index contributed by atoms with van der Waals surface area (Å²) in [4.78, 5) is 0. The summed E-state index contributed by atoms with van der Waals surface area (Å²) in [7, 11) is 0. The number of rotatable bonds is 1. The summed E-state index contributed by atoms with van der Waals surface area (Å²) in [6, 6.07) is 0.